The molecule has 1 aliphatic heterocycles. The van der Waals surface area contributed by atoms with Crippen LogP contribution in [0.2, 0.25) is 0 Å². The van der Waals surface area contributed by atoms with Crippen LogP contribution in [0.3, 0.4) is 0 Å². The fourth-order valence-electron chi connectivity index (χ4n) is 5.24. The fraction of sp³-hybridized carbons (Fsp3) is 0.333. The lowest BCUT2D eigenvalue weighted by Crippen LogP contribution is -2.51. The van der Waals surface area contributed by atoms with Crippen LogP contribution in [0.1, 0.15) is 56.0 Å². The molecule has 9 nitrogen and oxygen atoms in total. The lowest BCUT2D eigenvalue weighted by Gasteiger charge is -2.42. The van der Waals surface area contributed by atoms with Crippen molar-refractivity contribution in [3.63, 3.8) is 0 Å². The van der Waals surface area contributed by atoms with E-state index in [0.29, 0.717) is 11.1 Å². The van der Waals surface area contributed by atoms with E-state index in [9.17, 15) is 10.1 Å². The van der Waals surface area contributed by atoms with Crippen LogP contribution in [0.25, 0.3) is 0 Å². The molecule has 2 atom stereocenters. The SMILES string of the molecule is CC(C)=C(/N=c1/c(C(C)Nc2ccccc2C)cc(C)cn1C=O)N1CCN(c2ccccc2C#N)CC1C.O=CO. The minimum atomic E-state index is -0.250. The van der Waals surface area contributed by atoms with E-state index in [1.807, 2.05) is 49.5 Å². The van der Waals surface area contributed by atoms with Gasteiger partial charge in [0.1, 0.15) is 17.4 Å². The lowest BCUT2D eigenvalue weighted by atomic mass is 10.1. The number of nitrogens with zero attached hydrogens (tertiary/aromatic N) is 5. The number of benzene rings is 2. The highest BCUT2D eigenvalue weighted by Crippen LogP contribution is 2.26. The van der Waals surface area contributed by atoms with Gasteiger partial charge in [-0.25, -0.2) is 4.99 Å². The number of carboxylic acid groups (broad SMARTS) is 1. The van der Waals surface area contributed by atoms with Gasteiger partial charge in [0, 0.05) is 43.1 Å². The molecule has 0 aliphatic carbocycles. The Morgan fingerprint density at radius 1 is 1.12 bits per heavy atom. The predicted molar refractivity (Wildman–Crippen MR) is 167 cm³/mol. The van der Waals surface area contributed by atoms with Crippen molar-refractivity contribution >= 4 is 24.3 Å². The zero-order chi connectivity index (χ0) is 30.8. The maximum Gasteiger partial charge on any atom is 0.290 e. The van der Waals surface area contributed by atoms with Gasteiger partial charge in [0.15, 0.2) is 0 Å². The number of allylic oxidation sites excluding steroid dienone is 1. The molecule has 0 bridgehead atoms. The summed E-state index contributed by atoms with van der Waals surface area (Å²) in [5.41, 5.74) is 7.54. The molecule has 2 unspecified atom stereocenters. The van der Waals surface area contributed by atoms with E-state index in [1.54, 1.807) is 4.57 Å². The molecule has 0 amide bonds. The summed E-state index contributed by atoms with van der Waals surface area (Å²) >= 11 is 0. The molecular weight excluding hydrogens is 528 g/mol. The summed E-state index contributed by atoms with van der Waals surface area (Å²) in [7, 11) is 0. The number of nitrogens with one attached hydrogen (secondary N) is 1. The van der Waals surface area contributed by atoms with Gasteiger partial charge in [-0.3, -0.25) is 14.2 Å². The minimum Gasteiger partial charge on any atom is -0.483 e. The Morgan fingerprint density at radius 2 is 1.79 bits per heavy atom. The fourth-order valence-corrected chi connectivity index (χ4v) is 5.24. The zero-order valence-corrected chi connectivity index (χ0v) is 25.2. The van der Waals surface area contributed by atoms with Crippen LogP contribution < -0.4 is 15.7 Å². The summed E-state index contributed by atoms with van der Waals surface area (Å²) in [6.07, 6.45) is 2.66. The molecule has 220 valence electrons. The first-order chi connectivity index (χ1) is 20.1. The average molecular weight is 569 g/mol. The summed E-state index contributed by atoms with van der Waals surface area (Å²) in [5, 5.41) is 20.1. The van der Waals surface area contributed by atoms with E-state index < -0.39 is 0 Å². The molecule has 2 heterocycles. The Balaban J connectivity index is 0.00000155. The molecule has 0 saturated carbocycles. The highest BCUT2D eigenvalue weighted by atomic mass is 16.3. The van der Waals surface area contributed by atoms with Gasteiger partial charge < -0.3 is 20.2 Å². The Bertz CT molecular complexity index is 1550. The van der Waals surface area contributed by atoms with Gasteiger partial charge in [0.2, 0.25) is 6.41 Å². The Kier molecular flexibility index (Phi) is 11.1. The standard InChI is InChI=1S/C32H38N6O.CH2O2/c1-22(2)31(38-16-15-36(20-25(38)5)30-14-10-8-12-27(30)18-33)35-32-28(17-23(3)19-37(32)21-39)26(6)34-29-13-9-7-11-24(29)4;2-1-3/h7-14,17,19,21,25-26,34H,15-16,20H2,1-6H3;1H,(H,2,3)/b35-32-;. The maximum absolute atomic E-state index is 12.2. The van der Waals surface area contributed by atoms with E-state index in [2.05, 4.69) is 74.0 Å². The van der Waals surface area contributed by atoms with Crippen molar-refractivity contribution in [3.05, 3.63) is 99.9 Å². The Morgan fingerprint density at radius 3 is 2.40 bits per heavy atom. The van der Waals surface area contributed by atoms with Crippen LogP contribution in [0.5, 0.6) is 0 Å². The summed E-state index contributed by atoms with van der Waals surface area (Å²) in [4.78, 5) is 30.4. The predicted octanol–water partition coefficient (Wildman–Crippen LogP) is 5.25. The number of hydrogen-bond acceptors (Lipinski definition) is 7. The number of para-hydroxylation sites is 2. The van der Waals surface area contributed by atoms with Crippen molar-refractivity contribution in [1.29, 1.82) is 5.26 Å². The number of carbonyl (C=O) groups excluding carboxylic acids is 1. The topological polar surface area (TPSA) is 114 Å². The Hall–Kier alpha value is -4.84. The molecule has 1 fully saturated rings. The van der Waals surface area contributed by atoms with E-state index >= 15 is 0 Å². The lowest BCUT2D eigenvalue weighted by molar-refractivity contribution is -0.122. The molecule has 3 aromatic rings. The normalized spacial score (nSPS) is 15.5. The van der Waals surface area contributed by atoms with Crippen molar-refractivity contribution in [2.24, 2.45) is 4.99 Å². The monoisotopic (exact) mass is 568 g/mol. The van der Waals surface area contributed by atoms with E-state index in [1.165, 1.54) is 0 Å². The summed E-state index contributed by atoms with van der Waals surface area (Å²) in [6, 6.07) is 20.5. The maximum atomic E-state index is 12.2. The number of anilines is 2. The molecule has 4 rings (SSSR count). The van der Waals surface area contributed by atoms with Gasteiger partial charge in [-0.15, -0.1) is 0 Å². The number of hydrogen-bond donors (Lipinski definition) is 2. The van der Waals surface area contributed by atoms with Crippen LogP contribution in [-0.2, 0) is 9.59 Å². The van der Waals surface area contributed by atoms with Gasteiger partial charge in [-0.05, 0) is 82.5 Å². The van der Waals surface area contributed by atoms with E-state index in [4.69, 9.17) is 14.9 Å². The highest BCUT2D eigenvalue weighted by molar-refractivity contribution is 5.60. The quantitative estimate of drug-likeness (QED) is 0.374. The first-order valence-electron chi connectivity index (χ1n) is 14.0. The van der Waals surface area contributed by atoms with Crippen molar-refractivity contribution < 1.29 is 14.7 Å². The van der Waals surface area contributed by atoms with Crippen molar-refractivity contribution in [2.45, 2.75) is 53.6 Å². The molecular formula is C33H40N6O3. The molecule has 2 N–H and O–H groups in total. The highest BCUT2D eigenvalue weighted by Gasteiger charge is 2.27. The van der Waals surface area contributed by atoms with E-state index in [0.717, 1.165) is 65.5 Å². The van der Waals surface area contributed by atoms with Crippen LogP contribution in [0, 0.1) is 25.2 Å². The van der Waals surface area contributed by atoms with Gasteiger partial charge in [-0.1, -0.05) is 30.3 Å². The third kappa shape index (κ3) is 7.46. The third-order valence-corrected chi connectivity index (χ3v) is 7.25. The molecule has 0 radical (unpaired) electrons. The summed E-state index contributed by atoms with van der Waals surface area (Å²) in [5.74, 6) is 0.875. The molecule has 1 aromatic heterocycles. The number of piperazine rings is 1. The summed E-state index contributed by atoms with van der Waals surface area (Å²) in [6.45, 7) is 14.5. The molecule has 42 heavy (non-hydrogen) atoms. The molecule has 0 spiro atoms. The smallest absolute Gasteiger partial charge is 0.290 e. The second-order valence-corrected chi connectivity index (χ2v) is 10.6. The van der Waals surface area contributed by atoms with Crippen LogP contribution in [0.15, 0.2) is 77.2 Å². The van der Waals surface area contributed by atoms with Crippen molar-refractivity contribution in [2.75, 3.05) is 29.9 Å². The first-order valence-corrected chi connectivity index (χ1v) is 14.0. The van der Waals surface area contributed by atoms with Crippen molar-refractivity contribution in [3.8, 4) is 6.07 Å². The van der Waals surface area contributed by atoms with Crippen molar-refractivity contribution in [1.82, 2.24) is 9.47 Å². The zero-order valence-electron chi connectivity index (χ0n) is 25.2. The second-order valence-electron chi connectivity index (χ2n) is 10.6. The van der Waals surface area contributed by atoms with Crippen LogP contribution >= 0.6 is 0 Å². The molecule has 1 saturated heterocycles. The number of nitriles is 1. The van der Waals surface area contributed by atoms with Crippen LogP contribution in [-0.4, -0.2) is 53.1 Å². The van der Waals surface area contributed by atoms with Crippen LogP contribution in [0.4, 0.5) is 11.4 Å². The van der Waals surface area contributed by atoms with Gasteiger partial charge in [0.25, 0.3) is 6.47 Å². The minimum absolute atomic E-state index is 0.0777. The van der Waals surface area contributed by atoms with E-state index in [-0.39, 0.29) is 18.6 Å². The number of pyridine rings is 1. The molecule has 9 heteroatoms. The van der Waals surface area contributed by atoms with Gasteiger partial charge in [0.05, 0.1) is 17.3 Å². The average Bonchev–Trinajstić information content (AvgIpc) is 2.97. The largest absolute Gasteiger partial charge is 0.483 e. The summed E-state index contributed by atoms with van der Waals surface area (Å²) < 4.78 is 1.59. The number of aryl methyl sites for hydroxylation is 2. The second kappa shape index (κ2) is 14.7. The Labute approximate surface area is 248 Å². The number of carbonyl (C=O) groups is 2. The number of aromatic nitrogens is 1. The van der Waals surface area contributed by atoms with Gasteiger partial charge in [-0.2, -0.15) is 5.26 Å². The van der Waals surface area contributed by atoms with Gasteiger partial charge >= 0.3 is 0 Å². The molecule has 2 aromatic carbocycles. The molecule has 1 aliphatic rings. The third-order valence-electron chi connectivity index (χ3n) is 7.25. The number of rotatable bonds is 7. The first kappa shape index (κ1) is 31.7.